The van der Waals surface area contributed by atoms with Gasteiger partial charge in [-0.15, -0.1) is 0 Å². The minimum Gasteiger partial charge on any atom is -0.735 e. The van der Waals surface area contributed by atoms with Crippen molar-refractivity contribution < 1.29 is 4.79 Å². The zero-order chi connectivity index (χ0) is 8.97. The lowest BCUT2D eigenvalue weighted by Crippen LogP contribution is -1.97. The standard InChI is InChI=1S/C9H11NOS/c1-2-3-7-4-5-8(9(11)12)10-6-7/h4-6H,2-3H2,1H3,(H,11,12)/p-1. The van der Waals surface area contributed by atoms with E-state index in [4.69, 9.17) is 0 Å². The van der Waals surface area contributed by atoms with E-state index in [0.717, 1.165) is 18.4 Å². The lowest BCUT2D eigenvalue weighted by Gasteiger charge is -2.03. The maximum atomic E-state index is 10.7. The van der Waals surface area contributed by atoms with Crippen molar-refractivity contribution >= 4 is 17.7 Å². The summed E-state index contributed by atoms with van der Waals surface area (Å²) < 4.78 is 0. The Morgan fingerprint density at radius 2 is 2.33 bits per heavy atom. The summed E-state index contributed by atoms with van der Waals surface area (Å²) in [4.78, 5) is 14.6. The van der Waals surface area contributed by atoms with Crippen molar-refractivity contribution in [3.05, 3.63) is 29.6 Å². The van der Waals surface area contributed by atoms with Crippen LogP contribution in [0.2, 0.25) is 0 Å². The molecule has 0 saturated heterocycles. The maximum Gasteiger partial charge on any atom is 0.0828 e. The molecule has 0 aliphatic rings. The van der Waals surface area contributed by atoms with Crippen molar-refractivity contribution in [1.82, 2.24) is 4.98 Å². The molecule has 1 rings (SSSR count). The van der Waals surface area contributed by atoms with Gasteiger partial charge in [0, 0.05) is 6.20 Å². The third-order valence-electron chi connectivity index (χ3n) is 1.57. The number of carbonyl (C=O) groups is 1. The monoisotopic (exact) mass is 180 g/mol. The second-order valence-electron chi connectivity index (χ2n) is 2.59. The number of carbonyl (C=O) groups excluding carboxylic acids is 1. The van der Waals surface area contributed by atoms with E-state index >= 15 is 0 Å². The Hall–Kier alpha value is -0.960. The second kappa shape index (κ2) is 4.16. The molecule has 0 aliphatic heterocycles. The summed E-state index contributed by atoms with van der Waals surface area (Å²) in [5, 5.41) is -0.391. The van der Waals surface area contributed by atoms with Crippen LogP contribution >= 0.6 is 0 Å². The quantitative estimate of drug-likeness (QED) is 0.663. The molecule has 0 fully saturated rings. The van der Waals surface area contributed by atoms with E-state index in [0.29, 0.717) is 5.69 Å². The highest BCUT2D eigenvalue weighted by molar-refractivity contribution is 7.77. The van der Waals surface area contributed by atoms with E-state index in [9.17, 15) is 4.79 Å². The molecule has 0 aliphatic carbocycles. The molecule has 1 aromatic rings. The van der Waals surface area contributed by atoms with E-state index in [1.54, 1.807) is 12.3 Å². The SMILES string of the molecule is CCCc1ccc(C(=O)[S-])nc1. The molecule has 0 radical (unpaired) electrons. The van der Waals surface area contributed by atoms with E-state index in [-0.39, 0.29) is 0 Å². The molecule has 0 spiro atoms. The summed E-state index contributed by atoms with van der Waals surface area (Å²) in [6, 6.07) is 3.58. The third kappa shape index (κ3) is 2.27. The molecule has 0 amide bonds. The fraction of sp³-hybridized carbons (Fsp3) is 0.333. The Bertz CT molecular complexity index is 268. The largest absolute Gasteiger partial charge is 0.735 e. The predicted molar refractivity (Wildman–Crippen MR) is 49.9 cm³/mol. The van der Waals surface area contributed by atoms with Gasteiger partial charge in [-0.1, -0.05) is 19.4 Å². The van der Waals surface area contributed by atoms with Gasteiger partial charge >= 0.3 is 0 Å². The summed E-state index contributed by atoms with van der Waals surface area (Å²) in [5.74, 6) is 0. The molecule has 0 unspecified atom stereocenters. The van der Waals surface area contributed by atoms with Gasteiger partial charge < -0.3 is 17.4 Å². The number of aryl methyl sites for hydroxylation is 1. The Morgan fingerprint density at radius 3 is 2.75 bits per heavy atom. The van der Waals surface area contributed by atoms with Gasteiger partial charge in [0.15, 0.2) is 0 Å². The molecule has 3 heteroatoms. The fourth-order valence-electron chi connectivity index (χ4n) is 0.982. The van der Waals surface area contributed by atoms with Crippen LogP contribution in [0.15, 0.2) is 18.3 Å². The van der Waals surface area contributed by atoms with E-state index in [1.165, 1.54) is 0 Å². The van der Waals surface area contributed by atoms with Gasteiger partial charge in [0.25, 0.3) is 0 Å². The molecule has 0 saturated carbocycles. The first-order valence-electron chi connectivity index (χ1n) is 3.90. The van der Waals surface area contributed by atoms with Crippen LogP contribution in [0, 0.1) is 0 Å². The first-order valence-corrected chi connectivity index (χ1v) is 4.31. The highest BCUT2D eigenvalue weighted by Gasteiger charge is 1.94. The molecule has 2 nitrogen and oxygen atoms in total. The Labute approximate surface area is 77.4 Å². The summed E-state index contributed by atoms with van der Waals surface area (Å²) in [7, 11) is 0. The summed E-state index contributed by atoms with van der Waals surface area (Å²) in [5.41, 5.74) is 1.52. The predicted octanol–water partition coefficient (Wildman–Crippen LogP) is 1.72. The molecule has 0 bridgehead atoms. The van der Waals surface area contributed by atoms with Crippen molar-refractivity contribution in [1.29, 1.82) is 0 Å². The summed E-state index contributed by atoms with van der Waals surface area (Å²) in [6.45, 7) is 2.10. The number of rotatable bonds is 3. The van der Waals surface area contributed by atoms with Gasteiger partial charge in [0.05, 0.1) is 10.8 Å². The molecule has 64 valence electrons. The first kappa shape index (κ1) is 9.13. The van der Waals surface area contributed by atoms with E-state index < -0.39 is 5.12 Å². The number of hydrogen-bond donors (Lipinski definition) is 0. The van der Waals surface area contributed by atoms with Crippen LogP contribution in [-0.2, 0) is 19.0 Å². The van der Waals surface area contributed by atoms with Crippen LogP contribution in [0.1, 0.15) is 29.4 Å². The van der Waals surface area contributed by atoms with Crippen LogP contribution in [0.25, 0.3) is 0 Å². The Kier molecular flexibility index (Phi) is 3.17. The van der Waals surface area contributed by atoms with Gasteiger partial charge in [0.2, 0.25) is 0 Å². The molecule has 0 N–H and O–H groups in total. The van der Waals surface area contributed by atoms with Crippen molar-refractivity contribution in [2.45, 2.75) is 19.8 Å². The topological polar surface area (TPSA) is 30.0 Å². The second-order valence-corrected chi connectivity index (χ2v) is 2.96. The van der Waals surface area contributed by atoms with Crippen LogP contribution in [0.3, 0.4) is 0 Å². The van der Waals surface area contributed by atoms with Crippen LogP contribution in [0.5, 0.6) is 0 Å². The lowest BCUT2D eigenvalue weighted by atomic mass is 10.2. The Balaban J connectivity index is 2.78. The Morgan fingerprint density at radius 1 is 1.58 bits per heavy atom. The average molecular weight is 180 g/mol. The van der Waals surface area contributed by atoms with Crippen LogP contribution < -0.4 is 0 Å². The van der Waals surface area contributed by atoms with Gasteiger partial charge in [-0.05, 0) is 18.1 Å². The van der Waals surface area contributed by atoms with Crippen molar-refractivity contribution in [2.24, 2.45) is 0 Å². The number of hydrogen-bond acceptors (Lipinski definition) is 3. The highest BCUT2D eigenvalue weighted by atomic mass is 32.1. The normalized spacial score (nSPS) is 9.75. The maximum absolute atomic E-state index is 10.7. The van der Waals surface area contributed by atoms with Crippen molar-refractivity contribution in [2.75, 3.05) is 0 Å². The average Bonchev–Trinajstić information content (AvgIpc) is 2.06. The lowest BCUT2D eigenvalue weighted by molar-refractivity contribution is 0.108. The van der Waals surface area contributed by atoms with E-state index in [2.05, 4.69) is 24.5 Å². The molecule has 0 atom stereocenters. The molecule has 0 aromatic carbocycles. The van der Waals surface area contributed by atoms with Gasteiger partial charge in [-0.3, -0.25) is 4.98 Å². The fourth-order valence-corrected chi connectivity index (χ4v) is 1.10. The third-order valence-corrected chi connectivity index (χ3v) is 1.78. The number of aromatic nitrogens is 1. The van der Waals surface area contributed by atoms with Gasteiger partial charge in [-0.2, -0.15) is 0 Å². The van der Waals surface area contributed by atoms with Gasteiger partial charge in [0.1, 0.15) is 0 Å². The number of pyridine rings is 1. The minimum atomic E-state index is -0.391. The smallest absolute Gasteiger partial charge is 0.0828 e. The van der Waals surface area contributed by atoms with Crippen molar-refractivity contribution in [3.8, 4) is 0 Å². The molecule has 12 heavy (non-hydrogen) atoms. The minimum absolute atomic E-state index is 0.366. The summed E-state index contributed by atoms with van der Waals surface area (Å²) >= 11 is 4.45. The zero-order valence-electron chi connectivity index (χ0n) is 6.91. The molecular formula is C9H10NOS-. The zero-order valence-corrected chi connectivity index (χ0v) is 7.73. The van der Waals surface area contributed by atoms with E-state index in [1.807, 2.05) is 6.07 Å². The highest BCUT2D eigenvalue weighted by Crippen LogP contribution is 2.03. The van der Waals surface area contributed by atoms with Crippen LogP contribution in [0.4, 0.5) is 0 Å². The molecular weight excluding hydrogens is 170 g/mol. The molecule has 1 aromatic heterocycles. The van der Waals surface area contributed by atoms with Crippen molar-refractivity contribution in [3.63, 3.8) is 0 Å². The first-order chi connectivity index (χ1) is 5.74. The molecule has 1 heterocycles. The number of nitrogens with zero attached hydrogens (tertiary/aromatic N) is 1. The van der Waals surface area contributed by atoms with Crippen LogP contribution in [-0.4, -0.2) is 10.1 Å². The summed E-state index contributed by atoms with van der Waals surface area (Å²) in [6.07, 6.45) is 3.80. The van der Waals surface area contributed by atoms with Gasteiger partial charge in [-0.25, -0.2) is 0 Å².